The van der Waals surface area contributed by atoms with Crippen molar-refractivity contribution in [3.63, 3.8) is 0 Å². The highest BCUT2D eigenvalue weighted by Gasteiger charge is 2.18. The number of amides is 1. The Bertz CT molecular complexity index is 724. The number of carbonyl (C=O) groups is 1. The van der Waals surface area contributed by atoms with Crippen LogP contribution in [-0.4, -0.2) is 37.2 Å². The molecule has 1 amide bonds. The molecular weight excluding hydrogens is 304 g/mol. The Balaban J connectivity index is 2.07. The highest BCUT2D eigenvalue weighted by molar-refractivity contribution is 7.89. The van der Waals surface area contributed by atoms with Gasteiger partial charge in [0.05, 0.1) is 11.4 Å². The molecule has 0 fully saturated rings. The molecule has 0 radical (unpaired) electrons. The number of nitrogens with zero attached hydrogens (tertiary/aromatic N) is 2. The molecule has 1 aromatic heterocycles. The fourth-order valence-corrected chi connectivity index (χ4v) is 3.22. The van der Waals surface area contributed by atoms with Gasteiger partial charge in [0.2, 0.25) is 10.0 Å². The molecule has 0 saturated heterocycles. The molecule has 0 bridgehead atoms. The first-order valence-corrected chi connectivity index (χ1v) is 8.22. The van der Waals surface area contributed by atoms with E-state index in [2.05, 4.69) is 15.1 Å². The molecule has 118 valence electrons. The van der Waals surface area contributed by atoms with Gasteiger partial charge in [-0.15, -0.1) is 0 Å². The Morgan fingerprint density at radius 1 is 1.32 bits per heavy atom. The van der Waals surface area contributed by atoms with Crippen molar-refractivity contribution in [2.24, 2.45) is 0 Å². The third-order valence-corrected chi connectivity index (χ3v) is 4.64. The number of hydrogen-bond acceptors (Lipinski definition) is 4. The van der Waals surface area contributed by atoms with E-state index in [1.54, 1.807) is 30.1 Å². The summed E-state index contributed by atoms with van der Waals surface area (Å²) in [6.07, 6.45) is 3.40. The van der Waals surface area contributed by atoms with Crippen LogP contribution in [0, 0.1) is 0 Å². The first kappa shape index (κ1) is 16.2. The van der Waals surface area contributed by atoms with Crippen LogP contribution in [0.2, 0.25) is 0 Å². The molecule has 7 nitrogen and oxygen atoms in total. The van der Waals surface area contributed by atoms with Gasteiger partial charge in [-0.05, 0) is 37.3 Å². The van der Waals surface area contributed by atoms with Gasteiger partial charge in [0, 0.05) is 31.0 Å². The summed E-state index contributed by atoms with van der Waals surface area (Å²) in [4.78, 5) is 11.6. The standard InChI is InChI=1S/C14H18N4O3S/c1-11(10-18-9-3-8-16-18)17-22(20,21)13-6-4-12(5-7-13)14(19)15-2/h3-9,11,17H,10H2,1-2H3,(H,15,19)/t11-/m0/s1. The van der Waals surface area contributed by atoms with E-state index in [1.807, 2.05) is 0 Å². The molecule has 0 aliphatic carbocycles. The number of carbonyl (C=O) groups excluding carboxylic acids is 1. The maximum Gasteiger partial charge on any atom is 0.251 e. The van der Waals surface area contributed by atoms with E-state index in [4.69, 9.17) is 0 Å². The molecule has 2 N–H and O–H groups in total. The summed E-state index contributed by atoms with van der Waals surface area (Å²) in [6, 6.07) is 7.24. The number of rotatable bonds is 6. The molecule has 8 heteroatoms. The van der Waals surface area contributed by atoms with Gasteiger partial charge in [-0.2, -0.15) is 5.10 Å². The molecular formula is C14H18N4O3S. The van der Waals surface area contributed by atoms with E-state index in [0.29, 0.717) is 12.1 Å². The fourth-order valence-electron chi connectivity index (χ4n) is 1.99. The van der Waals surface area contributed by atoms with Gasteiger partial charge in [-0.1, -0.05) is 0 Å². The largest absolute Gasteiger partial charge is 0.355 e. The smallest absolute Gasteiger partial charge is 0.251 e. The summed E-state index contributed by atoms with van der Waals surface area (Å²) in [5, 5.41) is 6.52. The van der Waals surface area contributed by atoms with Crippen molar-refractivity contribution < 1.29 is 13.2 Å². The van der Waals surface area contributed by atoms with Crippen molar-refractivity contribution >= 4 is 15.9 Å². The summed E-state index contributed by atoms with van der Waals surface area (Å²) in [6.45, 7) is 2.20. The lowest BCUT2D eigenvalue weighted by Crippen LogP contribution is -2.35. The second-order valence-electron chi connectivity index (χ2n) is 4.85. The van der Waals surface area contributed by atoms with Gasteiger partial charge in [-0.3, -0.25) is 9.48 Å². The molecule has 0 aliphatic rings. The minimum absolute atomic E-state index is 0.118. The number of hydrogen-bond donors (Lipinski definition) is 2. The Hall–Kier alpha value is -2.19. The van der Waals surface area contributed by atoms with Crippen molar-refractivity contribution in [2.45, 2.75) is 24.4 Å². The van der Waals surface area contributed by atoms with Crippen molar-refractivity contribution in [1.82, 2.24) is 19.8 Å². The zero-order valence-electron chi connectivity index (χ0n) is 12.4. The van der Waals surface area contributed by atoms with Gasteiger partial charge in [0.1, 0.15) is 0 Å². The summed E-state index contributed by atoms with van der Waals surface area (Å²) >= 11 is 0. The van der Waals surface area contributed by atoms with Crippen LogP contribution in [0.1, 0.15) is 17.3 Å². The fraction of sp³-hybridized carbons (Fsp3) is 0.286. The van der Waals surface area contributed by atoms with Crippen molar-refractivity contribution in [1.29, 1.82) is 0 Å². The second kappa shape index (κ2) is 6.71. The molecule has 0 aliphatic heterocycles. The van der Waals surface area contributed by atoms with Crippen LogP contribution in [0.25, 0.3) is 0 Å². The maximum atomic E-state index is 12.3. The van der Waals surface area contributed by atoms with Gasteiger partial charge in [-0.25, -0.2) is 13.1 Å². The lowest BCUT2D eigenvalue weighted by molar-refractivity contribution is 0.0963. The first-order valence-electron chi connectivity index (χ1n) is 6.74. The maximum absolute atomic E-state index is 12.3. The lowest BCUT2D eigenvalue weighted by atomic mass is 10.2. The second-order valence-corrected chi connectivity index (χ2v) is 6.57. The highest BCUT2D eigenvalue weighted by atomic mass is 32.2. The summed E-state index contributed by atoms with van der Waals surface area (Å²) in [5.74, 6) is -0.260. The van der Waals surface area contributed by atoms with Gasteiger partial charge >= 0.3 is 0 Å². The predicted molar refractivity (Wildman–Crippen MR) is 81.8 cm³/mol. The zero-order chi connectivity index (χ0) is 16.2. The average molecular weight is 322 g/mol. The average Bonchev–Trinajstić information content (AvgIpc) is 2.98. The third kappa shape index (κ3) is 3.92. The quantitative estimate of drug-likeness (QED) is 0.815. The van der Waals surface area contributed by atoms with Crippen molar-refractivity contribution in [3.8, 4) is 0 Å². The number of aromatic nitrogens is 2. The molecule has 1 aromatic carbocycles. The first-order chi connectivity index (χ1) is 10.4. The molecule has 1 heterocycles. The highest BCUT2D eigenvalue weighted by Crippen LogP contribution is 2.11. The predicted octanol–water partition coefficient (Wildman–Crippen LogP) is 0.610. The SMILES string of the molecule is CNC(=O)c1ccc(S(=O)(=O)N[C@@H](C)Cn2cccn2)cc1. The monoisotopic (exact) mass is 322 g/mol. The molecule has 0 spiro atoms. The van der Waals surface area contributed by atoms with Crippen LogP contribution < -0.4 is 10.0 Å². The van der Waals surface area contributed by atoms with E-state index in [1.165, 1.54) is 31.3 Å². The van der Waals surface area contributed by atoms with Crippen LogP contribution in [-0.2, 0) is 16.6 Å². The lowest BCUT2D eigenvalue weighted by Gasteiger charge is -2.14. The summed E-state index contributed by atoms with van der Waals surface area (Å²) < 4.78 is 28.8. The molecule has 22 heavy (non-hydrogen) atoms. The Labute approximate surface area is 129 Å². The van der Waals surface area contributed by atoms with Crippen LogP contribution >= 0.6 is 0 Å². The zero-order valence-corrected chi connectivity index (χ0v) is 13.2. The molecule has 2 aromatic rings. The van der Waals surface area contributed by atoms with Crippen LogP contribution in [0.5, 0.6) is 0 Å². The molecule has 1 atom stereocenters. The molecule has 2 rings (SSSR count). The minimum atomic E-state index is -3.63. The number of benzene rings is 1. The molecule has 0 saturated carbocycles. The third-order valence-electron chi connectivity index (χ3n) is 3.03. The van der Waals surface area contributed by atoms with Gasteiger partial charge in [0.15, 0.2) is 0 Å². The van der Waals surface area contributed by atoms with E-state index in [9.17, 15) is 13.2 Å². The Morgan fingerprint density at radius 3 is 2.55 bits per heavy atom. The minimum Gasteiger partial charge on any atom is -0.355 e. The molecule has 0 unspecified atom stereocenters. The Morgan fingerprint density at radius 2 is 2.00 bits per heavy atom. The van der Waals surface area contributed by atoms with Crippen LogP contribution in [0.15, 0.2) is 47.6 Å². The number of nitrogens with one attached hydrogen (secondary N) is 2. The normalized spacial score (nSPS) is 12.8. The topological polar surface area (TPSA) is 93.1 Å². The van der Waals surface area contributed by atoms with E-state index < -0.39 is 10.0 Å². The van der Waals surface area contributed by atoms with Crippen LogP contribution in [0.3, 0.4) is 0 Å². The van der Waals surface area contributed by atoms with E-state index in [-0.39, 0.29) is 16.8 Å². The van der Waals surface area contributed by atoms with Gasteiger partial charge in [0.25, 0.3) is 5.91 Å². The van der Waals surface area contributed by atoms with Crippen molar-refractivity contribution in [3.05, 3.63) is 48.3 Å². The van der Waals surface area contributed by atoms with Gasteiger partial charge < -0.3 is 5.32 Å². The van der Waals surface area contributed by atoms with E-state index in [0.717, 1.165) is 0 Å². The Kier molecular flexibility index (Phi) is 4.94. The van der Waals surface area contributed by atoms with Crippen molar-refractivity contribution in [2.75, 3.05) is 7.05 Å². The van der Waals surface area contributed by atoms with E-state index >= 15 is 0 Å². The van der Waals surface area contributed by atoms with Crippen LogP contribution in [0.4, 0.5) is 0 Å². The summed E-state index contributed by atoms with van der Waals surface area (Å²) in [7, 11) is -2.12. The summed E-state index contributed by atoms with van der Waals surface area (Å²) in [5.41, 5.74) is 0.408. The number of sulfonamides is 1.